The molecule has 0 unspecified atom stereocenters. The van der Waals surface area contributed by atoms with E-state index in [0.29, 0.717) is 12.5 Å². The molecule has 3 saturated heterocycles. The van der Waals surface area contributed by atoms with Crippen LogP contribution >= 0.6 is 47.0 Å². The number of guanidine groups is 4. The molecule has 22 nitrogen and oxygen atoms in total. The van der Waals surface area contributed by atoms with E-state index < -0.39 is 0 Å². The first-order valence-corrected chi connectivity index (χ1v) is 55.7. The Morgan fingerprint density at radius 2 is 0.820 bits per heavy atom. The molecule has 14 N–H and O–H groups in total. The Morgan fingerprint density at radius 3 is 1.28 bits per heavy atom. The maximum Gasteiger partial charge on any atom is 0.346 e. The van der Waals surface area contributed by atoms with Gasteiger partial charge in [0.15, 0.2) is 0 Å². The van der Waals surface area contributed by atoms with Gasteiger partial charge < -0.3 is 19.6 Å². The fourth-order valence-corrected chi connectivity index (χ4v) is 26.9. The topological polar surface area (TPSA) is 221 Å². The molecule has 15 heterocycles. The molecule has 27 rings (SSSR count). The van der Waals surface area contributed by atoms with E-state index in [4.69, 9.17) is 22.9 Å². The Labute approximate surface area is 893 Å². The summed E-state index contributed by atoms with van der Waals surface area (Å²) in [6, 6.07) is 120. The lowest BCUT2D eigenvalue weighted by atomic mass is 10.0. The molecular weight excluding hydrogens is 1930 g/mol. The van der Waals surface area contributed by atoms with Crippen molar-refractivity contribution in [2.75, 3.05) is 135 Å². The first-order valence-electron chi connectivity index (χ1n) is 52.4. The molecule has 0 spiro atoms. The van der Waals surface area contributed by atoms with Gasteiger partial charge in [-0.25, -0.2) is 9.13 Å². The fraction of sp³-hybridized carbons (Fsp3) is 0.194. The van der Waals surface area contributed by atoms with Gasteiger partial charge in [-0.3, -0.25) is 73.1 Å². The van der Waals surface area contributed by atoms with E-state index in [2.05, 4.69) is 465 Å². The van der Waals surface area contributed by atoms with Crippen molar-refractivity contribution in [2.45, 2.75) is 71.2 Å². The molecule has 4 aromatic heterocycles. The third kappa shape index (κ3) is 20.2. The van der Waals surface area contributed by atoms with Crippen LogP contribution in [0.1, 0.15) is 69.3 Å². The van der Waals surface area contributed by atoms with E-state index in [1.807, 2.05) is 47.0 Å². The molecule has 3 fully saturated rings. The number of benzene rings is 12. The highest BCUT2D eigenvalue weighted by molar-refractivity contribution is 8.04. The lowest BCUT2D eigenvalue weighted by Crippen LogP contribution is -2.76. The monoisotopic (exact) mass is 2050 g/mol. The molecule has 0 amide bonds. The van der Waals surface area contributed by atoms with Crippen LogP contribution < -0.4 is 102 Å². The van der Waals surface area contributed by atoms with Gasteiger partial charge >= 0.3 is 23.8 Å². The number of thioether (sulfide) groups is 4. The molecule has 16 aromatic rings. The zero-order valence-electron chi connectivity index (χ0n) is 84.3. The van der Waals surface area contributed by atoms with Gasteiger partial charge in [0.2, 0.25) is 33.8 Å². The Balaban J connectivity index is 0.000000107. The Morgan fingerprint density at radius 1 is 0.400 bits per heavy atom. The summed E-state index contributed by atoms with van der Waals surface area (Å²) in [5.41, 5.74) is 51.7. The smallest absolute Gasteiger partial charge is 0.338 e. The highest BCUT2D eigenvalue weighted by Crippen LogP contribution is 2.54. The standard InChI is InChI=1S/C36H32N5S.C32H28N5S.C29H31N6S.C27H29N6S/c1-2-10-29(11-3-1)41-31-13-5-4-12-30(31)28(23-34-40-21-7-9-27-8-6-14-33(42-34)35(27)40)22-32(41)26-17-15-25(16-18-26)24-39-36-37-19-20-38-36;1-36-28-13-7-8-14-30(28)38-31(36)20-24-19-29(23-17-15-22(16-18-23)21-35-32(33)34)37(25-9-3-2-4-10-25)27-12-6-5-11-26(24)27;1-2-8-24(9-3-1)34-15-11-22(20-26(34)32-16-18-33(19-17-32)29-30-12-13-31-29)21-27-35-14-5-7-23-6-4-10-25(36-27)28(23)35;28-27(29)31-16-14-30(15-17-31)24-18-20(11-13-32(24)22-8-2-1-3-9-22)19-25-33-12-5-7-21-6-4-10-23(34-25)26(21)33/h1-6,8,10-18,22-23H,7,9,19-21,24H2,(H2,37,38,39);2-20H,21H2,1H3,(H4,33,34,35);1-4,6,8-11,15,20-21H,5,7,12-14,16-19H2,(H,30,31);1-4,6,8-11,13,18-19H,5,7,12,14-17H2,(H3,28,29)/q4*+1/p+4. The number of piperazine rings is 2. The number of nitrogens with one attached hydrogen (secondary N) is 6. The van der Waals surface area contributed by atoms with Crippen LogP contribution in [0.2, 0.25) is 0 Å². The molecule has 150 heavy (non-hydrogen) atoms. The number of pyridine rings is 4. The molecule has 0 saturated carbocycles. The van der Waals surface area contributed by atoms with Crippen LogP contribution in [0.5, 0.6) is 0 Å². The summed E-state index contributed by atoms with van der Waals surface area (Å²) in [6.45, 7) is 16.0. The first-order chi connectivity index (χ1) is 73.9. The molecule has 11 aliphatic heterocycles. The third-order valence-electron chi connectivity index (χ3n) is 29.7. The van der Waals surface area contributed by atoms with Crippen molar-refractivity contribution in [1.82, 2.24) is 21.3 Å². The van der Waals surface area contributed by atoms with Gasteiger partial charge in [0, 0.05) is 118 Å². The van der Waals surface area contributed by atoms with Crippen LogP contribution in [0.4, 0.5) is 34.4 Å². The summed E-state index contributed by atoms with van der Waals surface area (Å²) in [5.74, 6) is 5.29. The summed E-state index contributed by atoms with van der Waals surface area (Å²) < 4.78 is 13.9. The van der Waals surface area contributed by atoms with Crippen LogP contribution in [0.25, 0.3) is 91.4 Å². The van der Waals surface area contributed by atoms with Crippen molar-refractivity contribution in [3.05, 3.63) is 416 Å². The summed E-state index contributed by atoms with van der Waals surface area (Å²) in [6.07, 6.45) is 21.0. The SMILES string of the molecule is C(=C1Sc2cccc3c2N1CCC3)c1cc(-c2ccc(CNC3=[NH+]CCN3)cc2)[n+](-c2ccccc2)c2ccccc12.C(=C1Sc2cccc3c2N1CCC3)c1cc[n+](-c2ccccc2)c(N2CC[N+](=C3NCCN3)CC2)c1.CN1C(=Cc2cc(-c3ccc(C[NH+]=C(N)N)cc3)[n+](-c3ccccc3)c3ccccc23)Sc2ccccc21.NC(N)=[N+]1CCN(c2cc(C=C3Sc4cccc5c4N3CCC5)cc[n+]2-c2ccccc2)CC1. The number of para-hydroxylation sites is 10. The van der Waals surface area contributed by atoms with Crippen LogP contribution in [0.15, 0.2) is 386 Å². The number of aromatic nitrogens is 4. The molecule has 0 atom stereocenters. The van der Waals surface area contributed by atoms with Crippen molar-refractivity contribution in [2.24, 2.45) is 22.9 Å². The summed E-state index contributed by atoms with van der Waals surface area (Å²) in [7, 11) is 2.14. The van der Waals surface area contributed by atoms with E-state index in [-0.39, 0.29) is 5.96 Å². The van der Waals surface area contributed by atoms with Crippen LogP contribution in [-0.4, -0.2) is 138 Å². The van der Waals surface area contributed by atoms with Gasteiger partial charge in [0.25, 0.3) is 11.6 Å². The van der Waals surface area contributed by atoms with Crippen molar-refractivity contribution >= 4 is 151 Å². The Hall–Kier alpha value is -16.0. The normalized spacial score (nSPS) is 17.0. The molecule has 11 aliphatic rings. The van der Waals surface area contributed by atoms with E-state index in [9.17, 15) is 0 Å². The Kier molecular flexibility index (Phi) is 27.8. The van der Waals surface area contributed by atoms with Crippen LogP contribution in [0.3, 0.4) is 0 Å². The number of hydrogen-bond acceptors (Lipinski definition) is 12. The minimum absolute atomic E-state index is 0.222. The molecular formula is C124H124N22S4+8. The molecule has 0 radical (unpaired) electrons. The van der Waals surface area contributed by atoms with Crippen molar-refractivity contribution in [3.8, 4) is 45.3 Å². The van der Waals surface area contributed by atoms with Gasteiger partial charge in [-0.05, 0) is 216 Å². The highest BCUT2D eigenvalue weighted by Gasteiger charge is 2.38. The van der Waals surface area contributed by atoms with Crippen molar-refractivity contribution < 1.29 is 37.4 Å². The predicted octanol–water partition coefficient (Wildman–Crippen LogP) is 15.1. The predicted molar refractivity (Wildman–Crippen MR) is 617 cm³/mol. The van der Waals surface area contributed by atoms with Crippen LogP contribution in [0, 0.1) is 0 Å². The molecule has 0 bridgehead atoms. The maximum atomic E-state index is 5.85. The number of nitrogens with zero attached hydrogens (tertiary/aromatic N) is 12. The molecule has 26 heteroatoms. The summed E-state index contributed by atoms with van der Waals surface area (Å²) in [4.78, 5) is 26.6. The largest absolute Gasteiger partial charge is 0.346 e. The van der Waals surface area contributed by atoms with Crippen molar-refractivity contribution in [3.63, 3.8) is 0 Å². The molecule has 746 valence electrons. The highest BCUT2D eigenvalue weighted by atomic mass is 32.2. The van der Waals surface area contributed by atoms with Gasteiger partial charge in [-0.15, -0.1) is 0 Å². The number of fused-ring (bicyclic) bond motifs is 3. The second-order valence-electron chi connectivity index (χ2n) is 39.2. The van der Waals surface area contributed by atoms with Gasteiger partial charge in [0.05, 0.1) is 105 Å². The number of aryl methyl sites for hydroxylation is 3. The van der Waals surface area contributed by atoms with Crippen LogP contribution in [-0.2, 0) is 32.4 Å². The molecule has 0 aliphatic carbocycles. The summed E-state index contributed by atoms with van der Waals surface area (Å²) in [5, 5.41) is 21.4. The lowest BCUT2D eigenvalue weighted by molar-refractivity contribution is -0.585. The van der Waals surface area contributed by atoms with E-state index >= 15 is 0 Å². The zero-order valence-corrected chi connectivity index (χ0v) is 87.6. The number of nitrogens with two attached hydrogens (primary N) is 4. The van der Waals surface area contributed by atoms with Gasteiger partial charge in [0.1, 0.15) is 63.7 Å². The first kappa shape index (κ1) is 96.2. The number of hydrogen-bond donors (Lipinski definition) is 10. The van der Waals surface area contributed by atoms with E-state index in [1.54, 1.807) is 0 Å². The van der Waals surface area contributed by atoms with Gasteiger partial charge in [-0.2, -0.15) is 9.13 Å². The van der Waals surface area contributed by atoms with Crippen molar-refractivity contribution in [1.29, 1.82) is 0 Å². The minimum Gasteiger partial charge on any atom is -0.338 e. The van der Waals surface area contributed by atoms with E-state index in [0.717, 1.165) is 150 Å². The third-order valence-corrected chi connectivity index (χ3v) is 34.1. The Bertz CT molecular complexity index is 8060. The average Bonchev–Trinajstić information content (AvgIpc) is 1.52. The minimum atomic E-state index is 0.222. The summed E-state index contributed by atoms with van der Waals surface area (Å²) >= 11 is 7.53. The lowest BCUT2D eigenvalue weighted by Gasteiger charge is -2.27. The zero-order chi connectivity index (χ0) is 101. The second kappa shape index (κ2) is 43.4. The maximum absolute atomic E-state index is 5.85. The average molecular weight is 2050 g/mol. The second-order valence-corrected chi connectivity index (χ2v) is 43.4. The van der Waals surface area contributed by atoms with E-state index in [1.165, 1.54) is 196 Å². The fourth-order valence-electron chi connectivity index (χ4n) is 22.2. The number of anilines is 6. The molecule has 12 aromatic carbocycles. The number of rotatable bonds is 16. The van der Waals surface area contributed by atoms with Gasteiger partial charge in [-0.1, -0.05) is 217 Å². The quantitative estimate of drug-likeness (QED) is 0.0247.